The molecular formula is C28H25NO3. The lowest BCUT2D eigenvalue weighted by Gasteiger charge is -2.13. The summed E-state index contributed by atoms with van der Waals surface area (Å²) in [6.45, 7) is 4.10. The van der Waals surface area contributed by atoms with E-state index in [2.05, 4.69) is 26.0 Å². The first kappa shape index (κ1) is 21.4. The topological polar surface area (TPSA) is 59.3 Å². The van der Waals surface area contributed by atoms with Gasteiger partial charge >= 0.3 is 5.97 Å². The van der Waals surface area contributed by atoms with Crippen LogP contribution in [-0.4, -0.2) is 5.97 Å². The largest absolute Gasteiger partial charge is 0.457 e. The Morgan fingerprint density at radius 1 is 0.969 bits per heavy atom. The van der Waals surface area contributed by atoms with Crippen molar-refractivity contribution in [3.63, 3.8) is 0 Å². The van der Waals surface area contributed by atoms with E-state index in [0.29, 0.717) is 17.1 Å². The zero-order valence-corrected chi connectivity index (χ0v) is 18.1. The van der Waals surface area contributed by atoms with E-state index in [1.807, 2.05) is 66.7 Å². The van der Waals surface area contributed by atoms with Gasteiger partial charge in [-0.1, -0.05) is 86.7 Å². The minimum absolute atomic E-state index is 0.0716. The summed E-state index contributed by atoms with van der Waals surface area (Å²) in [6.07, 6.45) is 3.11. The van der Waals surface area contributed by atoms with Crippen molar-refractivity contribution in [2.45, 2.75) is 20.0 Å². The molecule has 0 saturated heterocycles. The van der Waals surface area contributed by atoms with Crippen molar-refractivity contribution in [1.29, 1.82) is 5.26 Å². The van der Waals surface area contributed by atoms with Crippen LogP contribution in [0.1, 0.15) is 31.1 Å². The minimum atomic E-state index is -0.989. The van der Waals surface area contributed by atoms with Crippen molar-refractivity contribution in [2.75, 3.05) is 0 Å². The van der Waals surface area contributed by atoms with Crippen LogP contribution in [0.4, 0.5) is 0 Å². The Hall–Kier alpha value is -3.84. The Morgan fingerprint density at radius 2 is 1.62 bits per heavy atom. The number of carbonyl (C=O) groups excluding carboxylic acids is 1. The molecule has 3 unspecified atom stereocenters. The molecule has 3 aromatic rings. The van der Waals surface area contributed by atoms with Gasteiger partial charge in [0, 0.05) is 5.56 Å². The van der Waals surface area contributed by atoms with Crippen molar-refractivity contribution in [1.82, 2.24) is 0 Å². The van der Waals surface area contributed by atoms with Crippen LogP contribution in [0.15, 0.2) is 91.0 Å². The molecule has 1 saturated carbocycles. The van der Waals surface area contributed by atoms with Gasteiger partial charge in [-0.2, -0.15) is 5.26 Å². The van der Waals surface area contributed by atoms with Crippen LogP contribution in [0, 0.1) is 28.6 Å². The van der Waals surface area contributed by atoms with E-state index in [1.54, 1.807) is 24.3 Å². The van der Waals surface area contributed by atoms with Gasteiger partial charge < -0.3 is 9.47 Å². The smallest absolute Gasteiger partial charge is 0.311 e. The Labute approximate surface area is 188 Å². The molecule has 0 bridgehead atoms. The van der Waals surface area contributed by atoms with Gasteiger partial charge in [-0.25, -0.2) is 0 Å². The second-order valence-electron chi connectivity index (χ2n) is 8.53. The predicted octanol–water partition coefficient (Wildman–Crippen LogP) is 6.57. The first-order valence-corrected chi connectivity index (χ1v) is 10.7. The number of esters is 1. The molecule has 3 aromatic carbocycles. The van der Waals surface area contributed by atoms with Crippen molar-refractivity contribution < 1.29 is 14.3 Å². The number of nitrogens with zero attached hydrogens (tertiary/aromatic N) is 1. The second-order valence-corrected chi connectivity index (χ2v) is 8.53. The third kappa shape index (κ3) is 4.73. The number of nitriles is 1. The van der Waals surface area contributed by atoms with Gasteiger partial charge in [0.15, 0.2) is 0 Å². The Morgan fingerprint density at radius 3 is 2.31 bits per heavy atom. The normalized spacial score (nSPS) is 19.7. The van der Waals surface area contributed by atoms with E-state index in [-0.39, 0.29) is 23.2 Å². The molecule has 1 fully saturated rings. The van der Waals surface area contributed by atoms with Crippen molar-refractivity contribution in [3.8, 4) is 17.6 Å². The number of carbonyl (C=O) groups is 1. The van der Waals surface area contributed by atoms with Crippen molar-refractivity contribution in [3.05, 3.63) is 102 Å². The molecule has 1 aliphatic carbocycles. The fourth-order valence-electron chi connectivity index (χ4n) is 3.99. The highest BCUT2D eigenvalue weighted by molar-refractivity contribution is 5.79. The summed E-state index contributed by atoms with van der Waals surface area (Å²) >= 11 is 0. The zero-order valence-electron chi connectivity index (χ0n) is 18.1. The predicted molar refractivity (Wildman–Crippen MR) is 124 cm³/mol. The molecule has 0 aliphatic heterocycles. The maximum absolute atomic E-state index is 12.9. The third-order valence-corrected chi connectivity index (χ3v) is 5.95. The monoisotopic (exact) mass is 423 g/mol. The number of para-hydroxylation sites is 1. The highest BCUT2D eigenvalue weighted by Gasteiger charge is 2.61. The van der Waals surface area contributed by atoms with Gasteiger partial charge in [0.2, 0.25) is 6.10 Å². The van der Waals surface area contributed by atoms with Gasteiger partial charge in [-0.15, -0.1) is 0 Å². The molecule has 160 valence electrons. The zero-order chi connectivity index (χ0) is 22.6. The maximum atomic E-state index is 12.9. The van der Waals surface area contributed by atoms with Gasteiger partial charge in [0.05, 0.1) is 5.92 Å². The maximum Gasteiger partial charge on any atom is 0.311 e. The average Bonchev–Trinajstić information content (AvgIpc) is 3.37. The highest BCUT2D eigenvalue weighted by Crippen LogP contribution is 2.60. The standard InChI is InChI=1S/C28H25NO3/c1-28(2)24(17-16-20-10-5-3-6-11-20)26(28)27(30)32-25(19-29)21-12-9-15-23(18-21)31-22-13-7-4-8-14-22/h3-18,24-26H,1-2H3/b17-16+. The van der Waals surface area contributed by atoms with Crippen LogP contribution in [0.3, 0.4) is 0 Å². The van der Waals surface area contributed by atoms with E-state index < -0.39 is 6.10 Å². The molecule has 3 atom stereocenters. The van der Waals surface area contributed by atoms with Crippen molar-refractivity contribution >= 4 is 12.0 Å². The fourth-order valence-corrected chi connectivity index (χ4v) is 3.99. The van der Waals surface area contributed by atoms with Crippen molar-refractivity contribution in [2.24, 2.45) is 17.3 Å². The third-order valence-electron chi connectivity index (χ3n) is 5.95. The molecule has 0 heterocycles. The van der Waals surface area contributed by atoms with Crippen LogP contribution >= 0.6 is 0 Å². The summed E-state index contributed by atoms with van der Waals surface area (Å²) in [5.41, 5.74) is 1.47. The number of ether oxygens (including phenoxy) is 2. The molecule has 0 amide bonds. The van der Waals surface area contributed by atoms with Gasteiger partial charge in [0.25, 0.3) is 0 Å². The minimum Gasteiger partial charge on any atom is -0.457 e. The number of hydrogen-bond acceptors (Lipinski definition) is 4. The lowest BCUT2D eigenvalue weighted by Crippen LogP contribution is -2.14. The summed E-state index contributed by atoms with van der Waals surface area (Å²) in [5.74, 6) is 0.728. The Kier molecular flexibility index (Phi) is 6.09. The van der Waals surface area contributed by atoms with Crippen LogP contribution in [0.2, 0.25) is 0 Å². The number of rotatable bonds is 7. The van der Waals surface area contributed by atoms with Crippen LogP contribution in [0.25, 0.3) is 6.08 Å². The lowest BCUT2D eigenvalue weighted by molar-refractivity contribution is -0.149. The molecule has 1 aliphatic rings. The molecule has 0 N–H and O–H groups in total. The average molecular weight is 424 g/mol. The molecule has 0 spiro atoms. The summed E-state index contributed by atoms with van der Waals surface area (Å²) in [5, 5.41) is 9.68. The first-order valence-electron chi connectivity index (χ1n) is 10.7. The van der Waals surface area contributed by atoms with E-state index in [4.69, 9.17) is 9.47 Å². The summed E-state index contributed by atoms with van der Waals surface area (Å²) in [7, 11) is 0. The van der Waals surface area contributed by atoms with E-state index in [9.17, 15) is 10.1 Å². The molecule has 4 heteroatoms. The summed E-state index contributed by atoms with van der Waals surface area (Å²) in [6, 6.07) is 28.6. The Balaban J connectivity index is 1.43. The number of allylic oxidation sites excluding steroid dienone is 1. The molecule has 4 nitrogen and oxygen atoms in total. The second kappa shape index (κ2) is 9.11. The Bertz CT molecular complexity index is 1150. The molecule has 0 radical (unpaired) electrons. The highest BCUT2D eigenvalue weighted by atomic mass is 16.5. The SMILES string of the molecule is CC1(C)C(/C=C/c2ccccc2)C1C(=O)OC(C#N)c1cccc(Oc2ccccc2)c1. The van der Waals surface area contributed by atoms with Gasteiger partial charge in [0.1, 0.15) is 17.6 Å². The van der Waals surface area contributed by atoms with E-state index in [0.717, 1.165) is 5.56 Å². The lowest BCUT2D eigenvalue weighted by atomic mass is 10.1. The van der Waals surface area contributed by atoms with Gasteiger partial charge in [-0.3, -0.25) is 4.79 Å². The van der Waals surface area contributed by atoms with Gasteiger partial charge in [-0.05, 0) is 41.2 Å². The molecular weight excluding hydrogens is 398 g/mol. The molecule has 0 aromatic heterocycles. The van der Waals surface area contributed by atoms with Crippen LogP contribution in [0.5, 0.6) is 11.5 Å². The summed E-state index contributed by atoms with van der Waals surface area (Å²) < 4.78 is 11.5. The van der Waals surface area contributed by atoms with Crippen LogP contribution < -0.4 is 4.74 Å². The first-order chi connectivity index (χ1) is 15.5. The summed E-state index contributed by atoms with van der Waals surface area (Å²) in [4.78, 5) is 12.9. The van der Waals surface area contributed by atoms with E-state index in [1.165, 1.54) is 0 Å². The number of hydrogen-bond donors (Lipinski definition) is 0. The fraction of sp³-hybridized carbons (Fsp3) is 0.214. The quantitative estimate of drug-likeness (QED) is 0.403. The molecule has 32 heavy (non-hydrogen) atoms. The number of benzene rings is 3. The molecule has 4 rings (SSSR count). The van der Waals surface area contributed by atoms with E-state index >= 15 is 0 Å². The van der Waals surface area contributed by atoms with Crippen LogP contribution in [-0.2, 0) is 9.53 Å².